The summed E-state index contributed by atoms with van der Waals surface area (Å²) in [7, 11) is 0. The second kappa shape index (κ2) is 6.41. The van der Waals surface area contributed by atoms with Crippen LogP contribution in [-0.4, -0.2) is 28.6 Å². The number of amides is 2. The molecule has 0 fully saturated rings. The standard InChI is InChI=1S/C10H15N5O2/c11-8-5-4-7(14-15-8)10(17)13-6-2-1-3-9(12)16/h4-5H,1-3,6H2,(H2,11,15)(H2,12,16)(H,13,17). The molecule has 0 aromatic carbocycles. The summed E-state index contributed by atoms with van der Waals surface area (Å²) in [5, 5.41) is 9.88. The molecule has 0 bridgehead atoms. The van der Waals surface area contributed by atoms with Gasteiger partial charge >= 0.3 is 0 Å². The molecule has 0 unspecified atom stereocenters. The highest BCUT2D eigenvalue weighted by Crippen LogP contribution is 1.97. The number of carbonyl (C=O) groups excluding carboxylic acids is 2. The molecule has 0 saturated heterocycles. The maximum absolute atomic E-state index is 11.5. The van der Waals surface area contributed by atoms with Gasteiger partial charge in [0.25, 0.3) is 5.91 Å². The smallest absolute Gasteiger partial charge is 0.271 e. The summed E-state index contributed by atoms with van der Waals surface area (Å²) in [5.41, 5.74) is 10.5. The van der Waals surface area contributed by atoms with E-state index in [-0.39, 0.29) is 23.3 Å². The van der Waals surface area contributed by atoms with Crippen molar-refractivity contribution in [2.75, 3.05) is 12.3 Å². The largest absolute Gasteiger partial charge is 0.382 e. The van der Waals surface area contributed by atoms with Gasteiger partial charge in [-0.25, -0.2) is 0 Å². The average Bonchev–Trinajstić information content (AvgIpc) is 2.29. The summed E-state index contributed by atoms with van der Waals surface area (Å²) in [4.78, 5) is 22.0. The fourth-order valence-electron chi connectivity index (χ4n) is 1.18. The van der Waals surface area contributed by atoms with E-state index in [0.29, 0.717) is 25.8 Å². The molecule has 7 nitrogen and oxygen atoms in total. The van der Waals surface area contributed by atoms with Crippen LogP contribution in [0.2, 0.25) is 0 Å². The topological polar surface area (TPSA) is 124 Å². The number of aromatic nitrogens is 2. The lowest BCUT2D eigenvalue weighted by Gasteiger charge is -2.03. The molecule has 0 aliphatic heterocycles. The van der Waals surface area contributed by atoms with Crippen LogP contribution in [-0.2, 0) is 4.79 Å². The molecule has 1 aromatic rings. The van der Waals surface area contributed by atoms with Crippen LogP contribution in [0.1, 0.15) is 29.8 Å². The normalized spacial score (nSPS) is 9.88. The van der Waals surface area contributed by atoms with Crippen molar-refractivity contribution in [1.82, 2.24) is 15.5 Å². The number of carbonyl (C=O) groups is 2. The van der Waals surface area contributed by atoms with Crippen LogP contribution in [0.25, 0.3) is 0 Å². The first-order valence-electron chi connectivity index (χ1n) is 5.25. The van der Waals surface area contributed by atoms with Gasteiger partial charge in [0.2, 0.25) is 5.91 Å². The lowest BCUT2D eigenvalue weighted by atomic mass is 10.2. The number of hydrogen-bond acceptors (Lipinski definition) is 5. The number of primary amides is 1. The van der Waals surface area contributed by atoms with Gasteiger partial charge in [-0.2, -0.15) is 0 Å². The first-order chi connectivity index (χ1) is 8.09. The van der Waals surface area contributed by atoms with Gasteiger partial charge in [0.1, 0.15) is 5.82 Å². The first-order valence-corrected chi connectivity index (χ1v) is 5.25. The molecule has 17 heavy (non-hydrogen) atoms. The summed E-state index contributed by atoms with van der Waals surface area (Å²) in [6.45, 7) is 0.470. The Kier molecular flexibility index (Phi) is 4.86. The molecule has 0 aliphatic carbocycles. The molecule has 0 atom stereocenters. The molecule has 7 heteroatoms. The zero-order valence-corrected chi connectivity index (χ0v) is 9.35. The van der Waals surface area contributed by atoms with Crippen molar-refractivity contribution < 1.29 is 9.59 Å². The Bertz CT molecular complexity index is 390. The fraction of sp³-hybridized carbons (Fsp3) is 0.400. The lowest BCUT2D eigenvalue weighted by Crippen LogP contribution is -2.26. The average molecular weight is 237 g/mol. The molecule has 1 rings (SSSR count). The minimum Gasteiger partial charge on any atom is -0.382 e. The number of nitrogens with zero attached hydrogens (tertiary/aromatic N) is 2. The van der Waals surface area contributed by atoms with Crippen LogP contribution in [0.15, 0.2) is 12.1 Å². The summed E-state index contributed by atoms with van der Waals surface area (Å²) in [5.74, 6) is -0.375. The number of nitrogens with one attached hydrogen (secondary N) is 1. The predicted molar refractivity (Wildman–Crippen MR) is 61.8 cm³/mol. The highest BCUT2D eigenvalue weighted by Gasteiger charge is 2.06. The van der Waals surface area contributed by atoms with Crippen molar-refractivity contribution in [2.45, 2.75) is 19.3 Å². The predicted octanol–water partition coefficient (Wildman–Crippen LogP) is -0.556. The van der Waals surface area contributed by atoms with E-state index >= 15 is 0 Å². The molecule has 0 spiro atoms. The minimum atomic E-state index is -0.333. The summed E-state index contributed by atoms with van der Waals surface area (Å²) < 4.78 is 0. The van der Waals surface area contributed by atoms with Crippen molar-refractivity contribution in [1.29, 1.82) is 0 Å². The van der Waals surface area contributed by atoms with Gasteiger partial charge in [-0.15, -0.1) is 10.2 Å². The molecule has 2 amide bonds. The van der Waals surface area contributed by atoms with Crippen LogP contribution < -0.4 is 16.8 Å². The van der Waals surface area contributed by atoms with E-state index in [1.165, 1.54) is 12.1 Å². The highest BCUT2D eigenvalue weighted by molar-refractivity contribution is 5.92. The van der Waals surface area contributed by atoms with E-state index in [9.17, 15) is 9.59 Å². The van der Waals surface area contributed by atoms with Gasteiger partial charge in [-0.1, -0.05) is 0 Å². The number of nitrogens with two attached hydrogens (primary N) is 2. The van der Waals surface area contributed by atoms with E-state index in [0.717, 1.165) is 0 Å². The molecule has 5 N–H and O–H groups in total. The lowest BCUT2D eigenvalue weighted by molar-refractivity contribution is -0.118. The Morgan fingerprint density at radius 1 is 1.24 bits per heavy atom. The van der Waals surface area contributed by atoms with E-state index < -0.39 is 0 Å². The number of nitrogen functional groups attached to an aromatic ring is 1. The van der Waals surface area contributed by atoms with Gasteiger partial charge in [0, 0.05) is 13.0 Å². The number of rotatable bonds is 6. The van der Waals surface area contributed by atoms with Crippen LogP contribution in [0.3, 0.4) is 0 Å². The molecule has 1 aromatic heterocycles. The molecular weight excluding hydrogens is 222 g/mol. The van der Waals surface area contributed by atoms with Gasteiger partial charge in [-0.3, -0.25) is 9.59 Å². The van der Waals surface area contributed by atoms with Crippen molar-refractivity contribution in [3.05, 3.63) is 17.8 Å². The maximum Gasteiger partial charge on any atom is 0.271 e. The summed E-state index contributed by atoms with van der Waals surface area (Å²) in [6, 6.07) is 3.01. The van der Waals surface area contributed by atoms with Gasteiger partial charge in [0.15, 0.2) is 5.69 Å². The van der Waals surface area contributed by atoms with Gasteiger partial charge in [0.05, 0.1) is 0 Å². The quantitative estimate of drug-likeness (QED) is 0.572. The zero-order valence-electron chi connectivity index (χ0n) is 9.35. The highest BCUT2D eigenvalue weighted by atomic mass is 16.2. The van der Waals surface area contributed by atoms with Crippen molar-refractivity contribution in [3.8, 4) is 0 Å². The van der Waals surface area contributed by atoms with Crippen LogP contribution in [0.5, 0.6) is 0 Å². The number of unbranched alkanes of at least 4 members (excludes halogenated alkanes) is 1. The molecule has 92 valence electrons. The van der Waals surface area contributed by atoms with E-state index in [1.54, 1.807) is 0 Å². The third-order valence-electron chi connectivity index (χ3n) is 2.05. The molecule has 1 heterocycles. The zero-order chi connectivity index (χ0) is 12.7. The monoisotopic (exact) mass is 237 g/mol. The number of hydrogen-bond donors (Lipinski definition) is 3. The molecule has 0 aliphatic rings. The first kappa shape index (κ1) is 12.9. The Morgan fingerprint density at radius 2 is 2.00 bits per heavy atom. The molecule has 0 saturated carbocycles. The van der Waals surface area contributed by atoms with Crippen LogP contribution in [0.4, 0.5) is 5.82 Å². The Labute approximate surface area is 98.6 Å². The van der Waals surface area contributed by atoms with E-state index in [4.69, 9.17) is 11.5 Å². The minimum absolute atomic E-state index is 0.217. The molecule has 0 radical (unpaired) electrons. The Morgan fingerprint density at radius 3 is 2.59 bits per heavy atom. The van der Waals surface area contributed by atoms with Gasteiger partial charge in [-0.05, 0) is 25.0 Å². The van der Waals surface area contributed by atoms with Crippen LogP contribution in [0, 0.1) is 0 Å². The maximum atomic E-state index is 11.5. The van der Waals surface area contributed by atoms with Crippen molar-refractivity contribution in [2.24, 2.45) is 5.73 Å². The van der Waals surface area contributed by atoms with Crippen molar-refractivity contribution in [3.63, 3.8) is 0 Å². The van der Waals surface area contributed by atoms with E-state index in [1.807, 2.05) is 0 Å². The Hall–Kier alpha value is -2.18. The third-order valence-corrected chi connectivity index (χ3v) is 2.05. The second-order valence-electron chi connectivity index (χ2n) is 3.52. The third kappa shape index (κ3) is 4.92. The summed E-state index contributed by atoms with van der Waals surface area (Å²) in [6.07, 6.45) is 1.68. The molecular formula is C10H15N5O2. The Balaban J connectivity index is 2.25. The van der Waals surface area contributed by atoms with Crippen molar-refractivity contribution >= 4 is 17.6 Å². The summed E-state index contributed by atoms with van der Waals surface area (Å²) >= 11 is 0. The van der Waals surface area contributed by atoms with Gasteiger partial charge < -0.3 is 16.8 Å². The SMILES string of the molecule is NC(=O)CCCCNC(=O)c1ccc(N)nn1. The number of anilines is 1. The van der Waals surface area contributed by atoms with Crippen LogP contribution >= 0.6 is 0 Å². The second-order valence-corrected chi connectivity index (χ2v) is 3.52. The fourth-order valence-corrected chi connectivity index (χ4v) is 1.18. The van der Waals surface area contributed by atoms with E-state index in [2.05, 4.69) is 15.5 Å².